The fourth-order valence-electron chi connectivity index (χ4n) is 2.13. The molecule has 20 heavy (non-hydrogen) atoms. The summed E-state index contributed by atoms with van der Waals surface area (Å²) < 4.78 is 0. The van der Waals surface area contributed by atoms with Crippen molar-refractivity contribution in [2.24, 2.45) is 5.92 Å². The van der Waals surface area contributed by atoms with E-state index in [1.54, 1.807) is 19.0 Å². The summed E-state index contributed by atoms with van der Waals surface area (Å²) >= 11 is 0. The summed E-state index contributed by atoms with van der Waals surface area (Å²) in [5.41, 5.74) is -1.32. The molecule has 1 heterocycles. The first-order valence-electron chi connectivity index (χ1n) is 6.84. The molecule has 0 aromatic carbocycles. The first-order valence-corrected chi connectivity index (χ1v) is 6.84. The molecule has 0 bridgehead atoms. The number of piperidine rings is 1. The highest BCUT2D eigenvalue weighted by Crippen LogP contribution is 2.17. The SMILES string of the molecule is CN(C)C(=O)N1CCCC(C(=O)NCC(C)(O)CO)C1. The summed E-state index contributed by atoms with van der Waals surface area (Å²) in [6.45, 7) is 2.10. The lowest BCUT2D eigenvalue weighted by Crippen LogP contribution is -2.50. The van der Waals surface area contributed by atoms with E-state index in [9.17, 15) is 14.7 Å². The van der Waals surface area contributed by atoms with E-state index in [0.29, 0.717) is 13.1 Å². The smallest absolute Gasteiger partial charge is 0.319 e. The summed E-state index contributed by atoms with van der Waals surface area (Å²) in [7, 11) is 3.37. The van der Waals surface area contributed by atoms with Gasteiger partial charge in [-0.2, -0.15) is 0 Å². The molecule has 3 N–H and O–H groups in total. The molecule has 1 fully saturated rings. The molecule has 1 aliphatic rings. The van der Waals surface area contributed by atoms with Gasteiger partial charge in [0.05, 0.1) is 12.5 Å². The van der Waals surface area contributed by atoms with E-state index in [1.807, 2.05) is 0 Å². The average Bonchev–Trinajstić information content (AvgIpc) is 2.44. The van der Waals surface area contributed by atoms with Gasteiger partial charge in [0, 0.05) is 33.7 Å². The maximum Gasteiger partial charge on any atom is 0.319 e. The number of urea groups is 1. The third kappa shape index (κ3) is 4.64. The second-order valence-corrected chi connectivity index (χ2v) is 5.84. The minimum absolute atomic E-state index is 0.000457. The quantitative estimate of drug-likeness (QED) is 0.633. The van der Waals surface area contributed by atoms with Crippen LogP contribution in [-0.2, 0) is 4.79 Å². The van der Waals surface area contributed by atoms with Crippen LogP contribution in [0.2, 0.25) is 0 Å². The summed E-state index contributed by atoms with van der Waals surface area (Å²) in [5, 5.41) is 21.2. The fraction of sp³-hybridized carbons (Fsp3) is 0.846. The minimum Gasteiger partial charge on any atom is -0.393 e. The van der Waals surface area contributed by atoms with Crippen LogP contribution in [0, 0.1) is 5.92 Å². The van der Waals surface area contributed by atoms with E-state index in [2.05, 4.69) is 5.32 Å². The normalized spacial score (nSPS) is 22.1. The summed E-state index contributed by atoms with van der Waals surface area (Å²) in [6, 6.07) is -0.0927. The Kier molecular flexibility index (Phi) is 5.76. The molecule has 1 rings (SSSR count). The molecule has 7 heteroatoms. The van der Waals surface area contributed by atoms with Gasteiger partial charge in [-0.05, 0) is 19.8 Å². The summed E-state index contributed by atoms with van der Waals surface area (Å²) in [4.78, 5) is 27.1. The van der Waals surface area contributed by atoms with E-state index < -0.39 is 12.2 Å². The van der Waals surface area contributed by atoms with Crippen molar-refractivity contribution in [2.45, 2.75) is 25.4 Å². The number of aliphatic hydroxyl groups excluding tert-OH is 1. The van der Waals surface area contributed by atoms with Gasteiger partial charge in [-0.1, -0.05) is 0 Å². The van der Waals surface area contributed by atoms with Gasteiger partial charge in [-0.25, -0.2) is 4.79 Å². The maximum atomic E-state index is 12.0. The molecule has 3 amide bonds. The molecule has 0 saturated carbocycles. The van der Waals surface area contributed by atoms with Gasteiger partial charge in [0.25, 0.3) is 0 Å². The molecular weight excluding hydrogens is 262 g/mol. The van der Waals surface area contributed by atoms with Crippen molar-refractivity contribution >= 4 is 11.9 Å². The van der Waals surface area contributed by atoms with Crippen molar-refractivity contribution in [1.82, 2.24) is 15.1 Å². The van der Waals surface area contributed by atoms with E-state index in [1.165, 1.54) is 11.8 Å². The van der Waals surface area contributed by atoms with Crippen molar-refractivity contribution in [3.63, 3.8) is 0 Å². The number of rotatable bonds is 4. The zero-order valence-electron chi connectivity index (χ0n) is 12.4. The van der Waals surface area contributed by atoms with E-state index in [4.69, 9.17) is 5.11 Å². The van der Waals surface area contributed by atoms with Gasteiger partial charge in [0.15, 0.2) is 0 Å². The Balaban J connectivity index is 2.50. The Labute approximate surface area is 119 Å². The topological polar surface area (TPSA) is 93.1 Å². The Morgan fingerprint density at radius 2 is 2.10 bits per heavy atom. The summed E-state index contributed by atoms with van der Waals surface area (Å²) in [5.74, 6) is -0.447. The Morgan fingerprint density at radius 1 is 1.45 bits per heavy atom. The second-order valence-electron chi connectivity index (χ2n) is 5.84. The van der Waals surface area contributed by atoms with Crippen LogP contribution in [0.5, 0.6) is 0 Å². The molecule has 1 saturated heterocycles. The van der Waals surface area contributed by atoms with E-state index in [0.717, 1.165) is 12.8 Å². The van der Waals surface area contributed by atoms with Crippen molar-refractivity contribution < 1.29 is 19.8 Å². The molecule has 0 aromatic heterocycles. The molecular formula is C13H25N3O4. The number of aliphatic hydroxyl groups is 2. The van der Waals surface area contributed by atoms with Crippen molar-refractivity contribution in [3.05, 3.63) is 0 Å². The molecule has 0 aromatic rings. The minimum atomic E-state index is -1.32. The highest BCUT2D eigenvalue weighted by molar-refractivity contribution is 5.80. The Bertz CT molecular complexity index is 358. The zero-order valence-corrected chi connectivity index (χ0v) is 12.4. The summed E-state index contributed by atoms with van der Waals surface area (Å²) in [6.07, 6.45) is 1.51. The number of hydrogen-bond acceptors (Lipinski definition) is 4. The number of hydrogen-bond donors (Lipinski definition) is 3. The van der Waals surface area contributed by atoms with Crippen LogP contribution in [0.3, 0.4) is 0 Å². The van der Waals surface area contributed by atoms with Gasteiger partial charge in [-0.15, -0.1) is 0 Å². The zero-order chi connectivity index (χ0) is 15.3. The third-order valence-electron chi connectivity index (χ3n) is 3.43. The first-order chi connectivity index (χ1) is 9.26. The van der Waals surface area contributed by atoms with Gasteiger partial charge in [-0.3, -0.25) is 4.79 Å². The highest BCUT2D eigenvalue weighted by atomic mass is 16.3. The standard InChI is InChI=1S/C13H25N3O4/c1-13(20,9-17)8-14-11(18)10-5-4-6-16(7-10)12(19)15(2)3/h10,17,20H,4-9H2,1-3H3,(H,14,18). The van der Waals surface area contributed by atoms with E-state index >= 15 is 0 Å². The lowest BCUT2D eigenvalue weighted by molar-refractivity contribution is -0.127. The molecule has 0 aliphatic carbocycles. The predicted molar refractivity (Wildman–Crippen MR) is 74.1 cm³/mol. The van der Waals surface area contributed by atoms with Crippen LogP contribution < -0.4 is 5.32 Å². The predicted octanol–water partition coefficient (Wildman–Crippen LogP) is -0.760. The van der Waals surface area contributed by atoms with Crippen LogP contribution in [0.25, 0.3) is 0 Å². The first kappa shape index (κ1) is 16.7. The van der Waals surface area contributed by atoms with E-state index in [-0.39, 0.29) is 24.4 Å². The van der Waals surface area contributed by atoms with Crippen molar-refractivity contribution in [3.8, 4) is 0 Å². The van der Waals surface area contributed by atoms with Crippen LogP contribution in [0.1, 0.15) is 19.8 Å². The van der Waals surface area contributed by atoms with Crippen molar-refractivity contribution in [2.75, 3.05) is 40.3 Å². The van der Waals surface area contributed by atoms with Crippen molar-refractivity contribution in [1.29, 1.82) is 0 Å². The third-order valence-corrected chi connectivity index (χ3v) is 3.43. The van der Waals surface area contributed by atoms with Crippen LogP contribution in [0.15, 0.2) is 0 Å². The lowest BCUT2D eigenvalue weighted by atomic mass is 9.97. The number of amides is 3. The fourth-order valence-corrected chi connectivity index (χ4v) is 2.13. The maximum absolute atomic E-state index is 12.0. The molecule has 7 nitrogen and oxygen atoms in total. The van der Waals surface area contributed by atoms with Crippen LogP contribution in [0.4, 0.5) is 4.79 Å². The largest absolute Gasteiger partial charge is 0.393 e. The van der Waals surface area contributed by atoms with Gasteiger partial charge >= 0.3 is 6.03 Å². The number of nitrogens with zero attached hydrogens (tertiary/aromatic N) is 2. The van der Waals surface area contributed by atoms with Crippen LogP contribution >= 0.6 is 0 Å². The molecule has 2 atom stereocenters. The second kappa shape index (κ2) is 6.90. The molecule has 116 valence electrons. The number of likely N-dealkylation sites (tertiary alicyclic amines) is 1. The van der Waals surface area contributed by atoms with Gasteiger partial charge in [0.2, 0.25) is 5.91 Å². The number of carbonyl (C=O) groups excluding carboxylic acids is 2. The molecule has 2 unspecified atom stereocenters. The van der Waals surface area contributed by atoms with Gasteiger partial charge in [0.1, 0.15) is 5.60 Å². The lowest BCUT2D eigenvalue weighted by Gasteiger charge is -2.34. The average molecular weight is 287 g/mol. The number of nitrogens with one attached hydrogen (secondary N) is 1. The number of carbonyl (C=O) groups is 2. The molecule has 0 radical (unpaired) electrons. The monoisotopic (exact) mass is 287 g/mol. The Hall–Kier alpha value is -1.34. The van der Waals surface area contributed by atoms with Crippen LogP contribution in [-0.4, -0.2) is 77.9 Å². The molecule has 1 aliphatic heterocycles. The van der Waals surface area contributed by atoms with Gasteiger partial charge < -0.3 is 25.3 Å². The Morgan fingerprint density at radius 3 is 2.65 bits per heavy atom. The molecule has 0 spiro atoms. The highest BCUT2D eigenvalue weighted by Gasteiger charge is 2.30.